The molecule has 1 N–H and O–H groups in total. The molecule has 1 amide bonds. The van der Waals surface area contributed by atoms with Crippen molar-refractivity contribution < 1.29 is 24.4 Å². The minimum atomic E-state index is -0.632. The molecular weight excluding hydrogens is 392 g/mol. The van der Waals surface area contributed by atoms with Crippen LogP contribution in [0.3, 0.4) is 0 Å². The molecule has 0 radical (unpaired) electrons. The summed E-state index contributed by atoms with van der Waals surface area (Å²) in [7, 11) is 0. The second kappa shape index (κ2) is 8.15. The van der Waals surface area contributed by atoms with Gasteiger partial charge in [0.2, 0.25) is 0 Å². The molecule has 2 aliphatic heterocycles. The van der Waals surface area contributed by atoms with Gasteiger partial charge in [0, 0.05) is 23.5 Å². The standard InChI is InChI=1S/C17H16N2O6S2/c1-2-12-14(21)18-13(17(26-8-7-20)27-15(12)18)16(22)25-9-10-3-5-11(6-4-10)19(23)24/h2-6,15,20H,7-9H2,1H3/b12-2+/t15-/m1/s1. The van der Waals surface area contributed by atoms with Gasteiger partial charge in [0.1, 0.15) is 12.0 Å². The van der Waals surface area contributed by atoms with Crippen molar-refractivity contribution in [3.63, 3.8) is 0 Å². The molecule has 2 aliphatic rings. The number of β-lactam (4-membered cyclic amide) rings is 1. The van der Waals surface area contributed by atoms with Gasteiger partial charge in [-0.05, 0) is 24.6 Å². The SMILES string of the molecule is C/C=C1\C(=O)N2C(C(=O)OCc3ccc([N+](=O)[O-])cc3)=C(SCCO)S[C@H]12. The van der Waals surface area contributed by atoms with Gasteiger partial charge in [0.25, 0.3) is 11.6 Å². The van der Waals surface area contributed by atoms with Crippen LogP contribution in [0, 0.1) is 10.1 Å². The number of hydrogen-bond donors (Lipinski definition) is 1. The number of benzene rings is 1. The van der Waals surface area contributed by atoms with E-state index in [2.05, 4.69) is 0 Å². The molecule has 2 heterocycles. The van der Waals surface area contributed by atoms with E-state index in [1.54, 1.807) is 13.0 Å². The Hall–Kier alpha value is -2.30. The number of carbonyl (C=O) groups is 2. The average Bonchev–Trinajstić information content (AvgIpc) is 3.00. The summed E-state index contributed by atoms with van der Waals surface area (Å²) >= 11 is 2.70. The Bertz CT molecular complexity index is 849. The third kappa shape index (κ3) is 3.73. The second-order valence-electron chi connectivity index (χ2n) is 5.60. The Morgan fingerprint density at radius 1 is 1.44 bits per heavy atom. The third-order valence-corrected chi connectivity index (χ3v) is 6.55. The fraction of sp³-hybridized carbons (Fsp3) is 0.294. The molecule has 1 aromatic rings. The first-order valence-corrected chi connectivity index (χ1v) is 9.89. The number of allylic oxidation sites excluding steroid dienone is 1. The van der Waals surface area contributed by atoms with Crippen molar-refractivity contribution in [1.29, 1.82) is 0 Å². The van der Waals surface area contributed by atoms with Gasteiger partial charge >= 0.3 is 5.97 Å². The molecule has 0 spiro atoms. The maximum atomic E-state index is 12.6. The number of hydrogen-bond acceptors (Lipinski definition) is 8. The number of fused-ring (bicyclic) bond motifs is 1. The second-order valence-corrected chi connectivity index (χ2v) is 8.05. The van der Waals surface area contributed by atoms with Crippen molar-refractivity contribution in [3.8, 4) is 0 Å². The molecule has 3 rings (SSSR count). The molecule has 0 bridgehead atoms. The Balaban J connectivity index is 1.72. The van der Waals surface area contributed by atoms with Crippen LogP contribution in [0.25, 0.3) is 0 Å². The van der Waals surface area contributed by atoms with Crippen molar-refractivity contribution in [3.05, 3.63) is 61.5 Å². The average molecular weight is 408 g/mol. The number of rotatable bonds is 7. The maximum absolute atomic E-state index is 12.6. The van der Waals surface area contributed by atoms with Crippen LogP contribution in [0.5, 0.6) is 0 Å². The number of nitrogens with zero attached hydrogens (tertiary/aromatic N) is 2. The number of aliphatic hydroxyl groups excluding tert-OH is 1. The van der Waals surface area contributed by atoms with Crippen molar-refractivity contribution in [2.75, 3.05) is 12.4 Å². The minimum Gasteiger partial charge on any atom is -0.456 e. The van der Waals surface area contributed by atoms with E-state index in [4.69, 9.17) is 9.84 Å². The van der Waals surface area contributed by atoms with Gasteiger partial charge in [-0.2, -0.15) is 0 Å². The number of ether oxygens (including phenoxy) is 1. The number of aliphatic hydroxyl groups is 1. The summed E-state index contributed by atoms with van der Waals surface area (Å²) in [5.74, 6) is -0.453. The van der Waals surface area contributed by atoms with Gasteiger partial charge in [-0.3, -0.25) is 19.8 Å². The van der Waals surface area contributed by atoms with Crippen LogP contribution >= 0.6 is 23.5 Å². The highest BCUT2D eigenvalue weighted by Gasteiger charge is 2.52. The number of thioether (sulfide) groups is 2. The minimum absolute atomic E-state index is 0.0458. The molecule has 0 unspecified atom stereocenters. The summed E-state index contributed by atoms with van der Waals surface area (Å²) in [6.45, 7) is 1.66. The highest BCUT2D eigenvalue weighted by atomic mass is 32.2. The van der Waals surface area contributed by atoms with Crippen LogP contribution in [-0.4, -0.2) is 44.5 Å². The van der Waals surface area contributed by atoms with Gasteiger partial charge < -0.3 is 9.84 Å². The van der Waals surface area contributed by atoms with Crippen molar-refractivity contribution in [2.45, 2.75) is 18.9 Å². The van der Waals surface area contributed by atoms with E-state index in [1.165, 1.54) is 52.7 Å². The molecule has 1 aromatic carbocycles. The molecule has 10 heteroatoms. The van der Waals surface area contributed by atoms with E-state index in [-0.39, 0.29) is 35.9 Å². The van der Waals surface area contributed by atoms with E-state index >= 15 is 0 Å². The lowest BCUT2D eigenvalue weighted by Gasteiger charge is -2.37. The summed E-state index contributed by atoms with van der Waals surface area (Å²) in [6.07, 6.45) is 1.73. The highest BCUT2D eigenvalue weighted by Crippen LogP contribution is 2.52. The predicted octanol–water partition coefficient (Wildman–Crippen LogP) is 2.39. The summed E-state index contributed by atoms with van der Waals surface area (Å²) in [6, 6.07) is 5.70. The van der Waals surface area contributed by atoms with Crippen LogP contribution < -0.4 is 0 Å². The first-order valence-electron chi connectivity index (χ1n) is 8.02. The molecule has 0 aromatic heterocycles. The zero-order valence-corrected chi connectivity index (χ0v) is 15.9. The molecule has 8 nitrogen and oxygen atoms in total. The number of non-ortho nitro benzene ring substituents is 1. The first kappa shape index (κ1) is 19.5. The largest absolute Gasteiger partial charge is 0.456 e. The number of carbonyl (C=O) groups excluding carboxylic acids is 2. The first-order chi connectivity index (χ1) is 13.0. The summed E-state index contributed by atoms with van der Waals surface area (Å²) in [5.41, 5.74) is 1.39. The zero-order valence-electron chi connectivity index (χ0n) is 14.3. The number of nitro groups is 1. The number of esters is 1. The van der Waals surface area contributed by atoms with Crippen LogP contribution in [0.2, 0.25) is 0 Å². The Morgan fingerprint density at radius 2 is 2.15 bits per heavy atom. The summed E-state index contributed by atoms with van der Waals surface area (Å²) in [5, 5.41) is 19.5. The normalized spacial score (nSPS) is 19.9. The van der Waals surface area contributed by atoms with E-state index in [0.717, 1.165) is 0 Å². The predicted molar refractivity (Wildman–Crippen MR) is 101 cm³/mol. The van der Waals surface area contributed by atoms with Gasteiger partial charge in [0.05, 0.1) is 15.8 Å². The molecule has 0 saturated carbocycles. The fourth-order valence-corrected chi connectivity index (χ4v) is 5.19. The lowest BCUT2D eigenvalue weighted by atomic mass is 10.1. The topological polar surface area (TPSA) is 110 Å². The molecular formula is C17H16N2O6S2. The molecule has 0 aliphatic carbocycles. The quantitative estimate of drug-likeness (QED) is 0.241. The van der Waals surface area contributed by atoms with Crippen LogP contribution in [0.4, 0.5) is 5.69 Å². The Kier molecular flexibility index (Phi) is 5.88. The summed E-state index contributed by atoms with van der Waals surface area (Å²) in [4.78, 5) is 36.5. The lowest BCUT2D eigenvalue weighted by Crippen LogP contribution is -2.51. The van der Waals surface area contributed by atoms with Crippen LogP contribution in [0.1, 0.15) is 12.5 Å². The number of amides is 1. The molecule has 1 saturated heterocycles. The van der Waals surface area contributed by atoms with Crippen molar-refractivity contribution in [1.82, 2.24) is 4.90 Å². The lowest BCUT2D eigenvalue weighted by molar-refractivity contribution is -0.384. The Labute approximate surface area is 163 Å². The van der Waals surface area contributed by atoms with Crippen molar-refractivity contribution in [2.24, 2.45) is 0 Å². The molecule has 1 atom stereocenters. The van der Waals surface area contributed by atoms with Gasteiger partial charge in [0.15, 0.2) is 5.70 Å². The zero-order chi connectivity index (χ0) is 19.6. The highest BCUT2D eigenvalue weighted by molar-refractivity contribution is 8.22. The fourth-order valence-electron chi connectivity index (χ4n) is 2.63. The van der Waals surface area contributed by atoms with Crippen LogP contribution in [-0.2, 0) is 20.9 Å². The molecule has 27 heavy (non-hydrogen) atoms. The Morgan fingerprint density at radius 3 is 2.74 bits per heavy atom. The summed E-state index contributed by atoms with van der Waals surface area (Å²) < 4.78 is 5.97. The molecule has 142 valence electrons. The van der Waals surface area contributed by atoms with E-state index in [9.17, 15) is 19.7 Å². The maximum Gasteiger partial charge on any atom is 0.357 e. The van der Waals surface area contributed by atoms with Gasteiger partial charge in [-0.15, -0.1) is 11.8 Å². The van der Waals surface area contributed by atoms with Gasteiger partial charge in [-0.1, -0.05) is 17.8 Å². The van der Waals surface area contributed by atoms with E-state index in [0.29, 0.717) is 21.1 Å². The molecule has 1 fully saturated rings. The van der Waals surface area contributed by atoms with Gasteiger partial charge in [-0.25, -0.2) is 4.79 Å². The number of nitro benzene ring substituents is 1. The van der Waals surface area contributed by atoms with E-state index < -0.39 is 10.9 Å². The van der Waals surface area contributed by atoms with Crippen molar-refractivity contribution >= 4 is 41.1 Å². The monoisotopic (exact) mass is 408 g/mol. The van der Waals surface area contributed by atoms with Crippen LogP contribution in [0.15, 0.2) is 45.8 Å². The smallest absolute Gasteiger partial charge is 0.357 e. The van der Waals surface area contributed by atoms with E-state index in [1.807, 2.05) is 0 Å². The third-order valence-electron chi connectivity index (χ3n) is 3.97.